The van der Waals surface area contributed by atoms with Gasteiger partial charge in [-0.15, -0.1) is 0 Å². The predicted octanol–water partition coefficient (Wildman–Crippen LogP) is 3.19. The van der Waals surface area contributed by atoms with Gasteiger partial charge in [-0.1, -0.05) is 25.1 Å². The van der Waals surface area contributed by atoms with Crippen molar-refractivity contribution in [1.82, 2.24) is 19.7 Å². The van der Waals surface area contributed by atoms with Crippen molar-refractivity contribution < 1.29 is 9.50 Å². The highest BCUT2D eigenvalue weighted by Crippen LogP contribution is 2.30. The highest BCUT2D eigenvalue weighted by Gasteiger charge is 2.24. The molecule has 0 spiro atoms. The van der Waals surface area contributed by atoms with E-state index in [0.29, 0.717) is 22.5 Å². The number of halogens is 2. The van der Waals surface area contributed by atoms with E-state index in [1.54, 1.807) is 29.9 Å². The van der Waals surface area contributed by atoms with Crippen LogP contribution in [0.5, 0.6) is 0 Å². The first kappa shape index (κ1) is 16.8. The van der Waals surface area contributed by atoms with Crippen molar-refractivity contribution >= 4 is 32.8 Å². The Kier molecular flexibility index (Phi) is 4.77. The molecular weight excluding hydrogens is 377 g/mol. The second kappa shape index (κ2) is 6.82. The van der Waals surface area contributed by atoms with E-state index in [0.717, 1.165) is 5.39 Å². The molecular formula is C16H17BrFN5O. The minimum absolute atomic E-state index is 0.257. The fraction of sp³-hybridized carbons (Fsp3) is 0.312. The first-order chi connectivity index (χ1) is 11.5. The van der Waals surface area contributed by atoms with Crippen LogP contribution in [0.25, 0.3) is 11.0 Å². The molecule has 0 bridgehead atoms. The van der Waals surface area contributed by atoms with E-state index in [1.807, 2.05) is 6.92 Å². The number of hydrogen-bond donors (Lipinski definition) is 2. The van der Waals surface area contributed by atoms with Crippen LogP contribution in [-0.2, 0) is 7.05 Å². The van der Waals surface area contributed by atoms with Crippen molar-refractivity contribution in [3.8, 4) is 0 Å². The molecule has 24 heavy (non-hydrogen) atoms. The molecule has 6 nitrogen and oxygen atoms in total. The molecule has 0 radical (unpaired) electrons. The van der Waals surface area contributed by atoms with Gasteiger partial charge in [0.25, 0.3) is 0 Å². The summed E-state index contributed by atoms with van der Waals surface area (Å²) >= 11 is 3.40. The molecule has 2 aromatic heterocycles. The van der Waals surface area contributed by atoms with E-state index in [9.17, 15) is 9.50 Å². The van der Waals surface area contributed by atoms with Crippen LogP contribution >= 0.6 is 15.9 Å². The van der Waals surface area contributed by atoms with E-state index in [2.05, 4.69) is 36.3 Å². The lowest BCUT2D eigenvalue weighted by Gasteiger charge is -2.24. The first-order valence-corrected chi connectivity index (χ1v) is 8.34. The zero-order chi connectivity index (χ0) is 17.3. The molecule has 3 rings (SSSR count). The summed E-state index contributed by atoms with van der Waals surface area (Å²) in [6.07, 6.45) is 1.01. The molecule has 2 heterocycles. The van der Waals surface area contributed by atoms with Crippen molar-refractivity contribution in [2.75, 3.05) is 5.32 Å². The van der Waals surface area contributed by atoms with Gasteiger partial charge in [0.05, 0.1) is 11.4 Å². The number of rotatable bonds is 5. The van der Waals surface area contributed by atoms with Crippen LogP contribution in [0.1, 0.15) is 25.0 Å². The molecule has 0 aliphatic heterocycles. The number of hydrogen-bond acceptors (Lipinski definition) is 5. The third-order valence-corrected chi connectivity index (χ3v) is 4.50. The monoisotopic (exact) mass is 393 g/mol. The lowest BCUT2D eigenvalue weighted by Crippen LogP contribution is -2.28. The lowest BCUT2D eigenvalue weighted by molar-refractivity contribution is 0.148. The molecule has 0 amide bonds. The van der Waals surface area contributed by atoms with Gasteiger partial charge in [-0.3, -0.25) is 0 Å². The Bertz CT molecular complexity index is 869. The fourth-order valence-electron chi connectivity index (χ4n) is 2.66. The van der Waals surface area contributed by atoms with Crippen LogP contribution in [0, 0.1) is 5.82 Å². The molecule has 0 saturated heterocycles. The highest BCUT2D eigenvalue weighted by atomic mass is 79.9. The quantitative estimate of drug-likeness (QED) is 0.695. The van der Waals surface area contributed by atoms with Gasteiger partial charge in [0.1, 0.15) is 28.7 Å². The second-order valence-corrected chi connectivity index (χ2v) is 6.21. The van der Waals surface area contributed by atoms with E-state index in [1.165, 1.54) is 12.4 Å². The fourth-order valence-corrected chi connectivity index (χ4v) is 3.26. The Hall–Kier alpha value is -2.06. The summed E-state index contributed by atoms with van der Waals surface area (Å²) < 4.78 is 16.2. The van der Waals surface area contributed by atoms with Crippen LogP contribution in [0.4, 0.5) is 10.2 Å². The minimum Gasteiger partial charge on any atom is -0.386 e. The average molecular weight is 394 g/mol. The van der Waals surface area contributed by atoms with Gasteiger partial charge in [0.2, 0.25) is 0 Å². The van der Waals surface area contributed by atoms with Crippen molar-refractivity contribution in [3.63, 3.8) is 0 Å². The zero-order valence-corrected chi connectivity index (χ0v) is 14.8. The maximum Gasteiger partial charge on any atom is 0.164 e. The molecule has 1 aromatic carbocycles. The van der Waals surface area contributed by atoms with Crippen molar-refractivity contribution in [2.24, 2.45) is 7.05 Å². The average Bonchev–Trinajstić information content (AvgIpc) is 2.88. The summed E-state index contributed by atoms with van der Waals surface area (Å²) in [7, 11) is 1.79. The minimum atomic E-state index is -1.00. The number of aliphatic hydroxyl groups excluding tert-OH is 1. The maximum absolute atomic E-state index is 14.0. The predicted molar refractivity (Wildman–Crippen MR) is 93.1 cm³/mol. The molecule has 0 aliphatic carbocycles. The smallest absolute Gasteiger partial charge is 0.164 e. The summed E-state index contributed by atoms with van der Waals surface area (Å²) in [4.78, 5) is 8.47. The van der Waals surface area contributed by atoms with Crippen LogP contribution < -0.4 is 5.32 Å². The largest absolute Gasteiger partial charge is 0.386 e. The van der Waals surface area contributed by atoms with Crippen LogP contribution in [0.3, 0.4) is 0 Å². The maximum atomic E-state index is 14.0. The Morgan fingerprint density at radius 1 is 1.33 bits per heavy atom. The standard InChI is InChI=1S/C16H17BrFN5O/c1-3-11(13(24)9-6-4-5-7-10(9)18)21-15-12-14(17)22-23(2)16(12)20-8-19-15/h4-8,11,13,24H,3H2,1-2H3,(H,19,20,21)/t11-,13+/m1/s1. The third-order valence-electron chi connectivity index (χ3n) is 3.94. The van der Waals surface area contributed by atoms with Gasteiger partial charge < -0.3 is 10.4 Å². The number of nitrogens with one attached hydrogen (secondary N) is 1. The van der Waals surface area contributed by atoms with Gasteiger partial charge in [-0.05, 0) is 28.4 Å². The normalized spacial score (nSPS) is 13.9. The number of nitrogens with zero attached hydrogens (tertiary/aromatic N) is 4. The number of fused-ring (bicyclic) bond motifs is 1. The Balaban J connectivity index is 1.95. The number of aromatic nitrogens is 4. The molecule has 3 aromatic rings. The zero-order valence-electron chi connectivity index (χ0n) is 13.2. The molecule has 2 atom stereocenters. The van der Waals surface area contributed by atoms with Gasteiger partial charge in [0, 0.05) is 12.6 Å². The highest BCUT2D eigenvalue weighted by molar-refractivity contribution is 9.10. The van der Waals surface area contributed by atoms with E-state index >= 15 is 0 Å². The first-order valence-electron chi connectivity index (χ1n) is 7.55. The number of aryl methyl sites for hydroxylation is 1. The van der Waals surface area contributed by atoms with Crippen molar-refractivity contribution in [3.05, 3.63) is 46.6 Å². The molecule has 0 aliphatic rings. The van der Waals surface area contributed by atoms with Gasteiger partial charge in [0.15, 0.2) is 5.65 Å². The van der Waals surface area contributed by atoms with Gasteiger partial charge >= 0.3 is 0 Å². The Morgan fingerprint density at radius 2 is 2.08 bits per heavy atom. The topological polar surface area (TPSA) is 75.9 Å². The SMILES string of the molecule is CC[C@@H](Nc1ncnc2c1c(Br)nn2C)[C@@H](O)c1ccccc1F. The van der Waals surface area contributed by atoms with E-state index in [4.69, 9.17) is 0 Å². The molecule has 0 saturated carbocycles. The Labute approximate surface area is 146 Å². The third kappa shape index (κ3) is 2.99. The number of anilines is 1. The van der Waals surface area contributed by atoms with Crippen LogP contribution in [-0.4, -0.2) is 30.9 Å². The second-order valence-electron chi connectivity index (χ2n) is 5.46. The van der Waals surface area contributed by atoms with E-state index < -0.39 is 18.0 Å². The molecule has 0 unspecified atom stereocenters. The number of benzene rings is 1. The molecule has 8 heteroatoms. The summed E-state index contributed by atoms with van der Waals surface area (Å²) in [6.45, 7) is 1.92. The molecule has 0 fully saturated rings. The van der Waals surface area contributed by atoms with Crippen LogP contribution in [0.2, 0.25) is 0 Å². The van der Waals surface area contributed by atoms with Crippen LogP contribution in [0.15, 0.2) is 35.2 Å². The Morgan fingerprint density at radius 3 is 2.79 bits per heavy atom. The lowest BCUT2D eigenvalue weighted by atomic mass is 9.99. The molecule has 2 N–H and O–H groups in total. The van der Waals surface area contributed by atoms with E-state index in [-0.39, 0.29) is 5.56 Å². The number of aliphatic hydroxyl groups is 1. The summed E-state index contributed by atoms with van der Waals surface area (Å²) in [5, 5.41) is 18.8. The summed E-state index contributed by atoms with van der Waals surface area (Å²) in [6, 6.07) is 5.81. The van der Waals surface area contributed by atoms with Crippen molar-refractivity contribution in [2.45, 2.75) is 25.5 Å². The van der Waals surface area contributed by atoms with Gasteiger partial charge in [-0.2, -0.15) is 5.10 Å². The summed E-state index contributed by atoms with van der Waals surface area (Å²) in [5.41, 5.74) is 0.919. The summed E-state index contributed by atoms with van der Waals surface area (Å²) in [5.74, 6) is 0.114. The van der Waals surface area contributed by atoms with Gasteiger partial charge in [-0.25, -0.2) is 19.0 Å². The molecule has 126 valence electrons. The van der Waals surface area contributed by atoms with Crippen molar-refractivity contribution in [1.29, 1.82) is 0 Å².